The fraction of sp³-hybridized carbons (Fsp3) is 0.0714. The lowest BCUT2D eigenvalue weighted by atomic mass is 10.0. The Hall–Kier alpha value is -1.96. The standard InChI is InChI=1S/C14H11FO/c1-10-5-7-11(8-6-10)14(16)12-3-2-4-13(15)9-12/h2-9H,1H3. The molecule has 0 saturated heterocycles. The van der Waals surface area contributed by atoms with Crippen LogP contribution in [-0.2, 0) is 0 Å². The molecule has 0 aromatic heterocycles. The van der Waals surface area contributed by atoms with Crippen LogP contribution < -0.4 is 0 Å². The minimum atomic E-state index is -0.391. The van der Waals surface area contributed by atoms with Gasteiger partial charge in [0.1, 0.15) is 5.82 Å². The van der Waals surface area contributed by atoms with Gasteiger partial charge in [0.2, 0.25) is 0 Å². The number of hydrogen-bond acceptors (Lipinski definition) is 1. The van der Waals surface area contributed by atoms with Gasteiger partial charge in [-0.05, 0) is 19.1 Å². The Kier molecular flexibility index (Phi) is 2.82. The van der Waals surface area contributed by atoms with Crippen LogP contribution in [0.25, 0.3) is 0 Å². The van der Waals surface area contributed by atoms with Gasteiger partial charge < -0.3 is 0 Å². The predicted octanol–water partition coefficient (Wildman–Crippen LogP) is 3.37. The van der Waals surface area contributed by atoms with Crippen molar-refractivity contribution in [1.82, 2.24) is 0 Å². The van der Waals surface area contributed by atoms with Gasteiger partial charge in [0.05, 0.1) is 0 Å². The van der Waals surface area contributed by atoms with Crippen molar-refractivity contribution in [3.63, 3.8) is 0 Å². The van der Waals surface area contributed by atoms with E-state index in [0.29, 0.717) is 11.1 Å². The van der Waals surface area contributed by atoms with Gasteiger partial charge in [-0.3, -0.25) is 4.79 Å². The summed E-state index contributed by atoms with van der Waals surface area (Å²) in [6.45, 7) is 1.95. The Balaban J connectivity index is 2.35. The second-order valence-corrected chi connectivity index (χ2v) is 3.71. The summed E-state index contributed by atoms with van der Waals surface area (Å²) in [6, 6.07) is 13.0. The first kappa shape index (κ1) is 10.6. The highest BCUT2D eigenvalue weighted by Gasteiger charge is 2.08. The maximum absolute atomic E-state index is 13.0. The van der Waals surface area contributed by atoms with Crippen molar-refractivity contribution in [2.75, 3.05) is 0 Å². The average molecular weight is 214 g/mol. The van der Waals surface area contributed by atoms with Gasteiger partial charge in [-0.25, -0.2) is 4.39 Å². The van der Waals surface area contributed by atoms with E-state index in [-0.39, 0.29) is 5.78 Å². The molecule has 2 rings (SSSR count). The van der Waals surface area contributed by atoms with Crippen LogP contribution in [0.4, 0.5) is 4.39 Å². The topological polar surface area (TPSA) is 17.1 Å². The minimum Gasteiger partial charge on any atom is -0.289 e. The summed E-state index contributed by atoms with van der Waals surface area (Å²) < 4.78 is 13.0. The fourth-order valence-electron chi connectivity index (χ4n) is 1.50. The quantitative estimate of drug-likeness (QED) is 0.700. The first-order chi connectivity index (χ1) is 7.66. The largest absolute Gasteiger partial charge is 0.289 e. The Bertz CT molecular complexity index is 515. The number of aryl methyl sites for hydroxylation is 1. The molecule has 0 fully saturated rings. The van der Waals surface area contributed by atoms with Gasteiger partial charge >= 0.3 is 0 Å². The van der Waals surface area contributed by atoms with E-state index in [2.05, 4.69) is 0 Å². The van der Waals surface area contributed by atoms with Gasteiger partial charge in [0, 0.05) is 11.1 Å². The summed E-state index contributed by atoms with van der Waals surface area (Å²) in [4.78, 5) is 11.9. The molecule has 80 valence electrons. The Morgan fingerprint density at radius 2 is 1.69 bits per heavy atom. The molecule has 0 radical (unpaired) electrons. The highest BCUT2D eigenvalue weighted by molar-refractivity contribution is 6.08. The molecule has 0 heterocycles. The summed E-state index contributed by atoms with van der Waals surface area (Å²) in [5.41, 5.74) is 2.05. The summed E-state index contributed by atoms with van der Waals surface area (Å²) >= 11 is 0. The van der Waals surface area contributed by atoms with Crippen LogP contribution in [0.5, 0.6) is 0 Å². The Morgan fingerprint density at radius 1 is 1.00 bits per heavy atom. The molecule has 0 aliphatic carbocycles. The fourth-order valence-corrected chi connectivity index (χ4v) is 1.50. The van der Waals surface area contributed by atoms with E-state index in [1.54, 1.807) is 18.2 Å². The lowest BCUT2D eigenvalue weighted by molar-refractivity contribution is 0.103. The van der Waals surface area contributed by atoms with Gasteiger partial charge in [-0.1, -0.05) is 42.0 Å². The zero-order valence-corrected chi connectivity index (χ0v) is 8.91. The highest BCUT2D eigenvalue weighted by atomic mass is 19.1. The maximum Gasteiger partial charge on any atom is 0.193 e. The maximum atomic E-state index is 13.0. The van der Waals surface area contributed by atoms with Crippen LogP contribution in [0.1, 0.15) is 21.5 Å². The molecule has 0 atom stereocenters. The molecule has 0 unspecified atom stereocenters. The summed E-state index contributed by atoms with van der Waals surface area (Å²) in [5.74, 6) is -0.544. The predicted molar refractivity (Wildman–Crippen MR) is 61.0 cm³/mol. The SMILES string of the molecule is Cc1ccc(C(=O)c2cccc(F)c2)cc1. The average Bonchev–Trinajstić information content (AvgIpc) is 2.29. The van der Waals surface area contributed by atoms with Crippen molar-refractivity contribution in [3.05, 3.63) is 71.0 Å². The highest BCUT2D eigenvalue weighted by Crippen LogP contribution is 2.11. The molecule has 0 amide bonds. The van der Waals surface area contributed by atoms with E-state index in [1.165, 1.54) is 18.2 Å². The van der Waals surface area contributed by atoms with Crippen molar-refractivity contribution in [2.45, 2.75) is 6.92 Å². The van der Waals surface area contributed by atoms with Crippen LogP contribution in [0.15, 0.2) is 48.5 Å². The van der Waals surface area contributed by atoms with Crippen LogP contribution in [0.3, 0.4) is 0 Å². The third-order valence-corrected chi connectivity index (χ3v) is 2.40. The normalized spacial score (nSPS) is 10.1. The van der Waals surface area contributed by atoms with Crippen LogP contribution in [0.2, 0.25) is 0 Å². The molecule has 2 aromatic carbocycles. The van der Waals surface area contributed by atoms with Crippen LogP contribution >= 0.6 is 0 Å². The van der Waals surface area contributed by atoms with Crippen molar-refractivity contribution >= 4 is 5.78 Å². The molecular weight excluding hydrogens is 203 g/mol. The second kappa shape index (κ2) is 4.27. The number of carbonyl (C=O) groups is 1. The van der Waals surface area contributed by atoms with E-state index in [0.717, 1.165) is 5.56 Å². The van der Waals surface area contributed by atoms with E-state index in [9.17, 15) is 9.18 Å². The van der Waals surface area contributed by atoms with E-state index in [1.807, 2.05) is 19.1 Å². The molecule has 0 saturated carbocycles. The molecule has 0 bridgehead atoms. The van der Waals surface area contributed by atoms with Crippen LogP contribution in [0, 0.1) is 12.7 Å². The summed E-state index contributed by atoms with van der Waals surface area (Å²) in [5, 5.41) is 0. The second-order valence-electron chi connectivity index (χ2n) is 3.71. The molecule has 2 aromatic rings. The Morgan fingerprint density at radius 3 is 2.31 bits per heavy atom. The van der Waals surface area contributed by atoms with Gasteiger partial charge in [-0.15, -0.1) is 0 Å². The minimum absolute atomic E-state index is 0.153. The van der Waals surface area contributed by atoms with E-state index < -0.39 is 5.82 Å². The number of rotatable bonds is 2. The molecule has 0 aliphatic rings. The molecule has 2 heteroatoms. The first-order valence-electron chi connectivity index (χ1n) is 5.04. The lowest BCUT2D eigenvalue weighted by Crippen LogP contribution is -2.01. The third-order valence-electron chi connectivity index (χ3n) is 2.40. The molecular formula is C14H11FO. The number of hydrogen-bond donors (Lipinski definition) is 0. The van der Waals surface area contributed by atoms with Crippen molar-refractivity contribution in [1.29, 1.82) is 0 Å². The van der Waals surface area contributed by atoms with Crippen LogP contribution in [-0.4, -0.2) is 5.78 Å². The number of halogens is 1. The molecule has 16 heavy (non-hydrogen) atoms. The van der Waals surface area contributed by atoms with Crippen molar-refractivity contribution in [2.24, 2.45) is 0 Å². The summed E-state index contributed by atoms with van der Waals surface area (Å²) in [6.07, 6.45) is 0. The number of carbonyl (C=O) groups excluding carboxylic acids is 1. The lowest BCUT2D eigenvalue weighted by Gasteiger charge is -2.01. The monoisotopic (exact) mass is 214 g/mol. The third kappa shape index (κ3) is 2.16. The molecule has 0 N–H and O–H groups in total. The number of benzene rings is 2. The van der Waals surface area contributed by atoms with Gasteiger partial charge in [0.25, 0.3) is 0 Å². The summed E-state index contributed by atoms with van der Waals surface area (Å²) in [7, 11) is 0. The molecule has 0 spiro atoms. The zero-order chi connectivity index (χ0) is 11.5. The molecule has 1 nitrogen and oxygen atoms in total. The van der Waals surface area contributed by atoms with Gasteiger partial charge in [-0.2, -0.15) is 0 Å². The zero-order valence-electron chi connectivity index (χ0n) is 8.91. The number of ketones is 1. The van der Waals surface area contributed by atoms with E-state index in [4.69, 9.17) is 0 Å². The van der Waals surface area contributed by atoms with Crippen molar-refractivity contribution < 1.29 is 9.18 Å². The molecule has 0 aliphatic heterocycles. The smallest absolute Gasteiger partial charge is 0.193 e. The van der Waals surface area contributed by atoms with E-state index >= 15 is 0 Å². The van der Waals surface area contributed by atoms with Gasteiger partial charge in [0.15, 0.2) is 5.78 Å². The first-order valence-corrected chi connectivity index (χ1v) is 5.04. The van der Waals surface area contributed by atoms with Crippen molar-refractivity contribution in [3.8, 4) is 0 Å². The Labute approximate surface area is 93.5 Å².